The minimum Gasteiger partial charge on any atom is -0.322 e. The molecule has 4 heteroatoms. The molecule has 0 bridgehead atoms. The van der Waals surface area contributed by atoms with E-state index in [4.69, 9.17) is 5.26 Å². The highest BCUT2D eigenvalue weighted by atomic mass is 16.1. The van der Waals surface area contributed by atoms with Crippen LogP contribution in [0.2, 0.25) is 0 Å². The molecule has 0 radical (unpaired) electrons. The lowest BCUT2D eigenvalue weighted by molar-refractivity contribution is 0.102. The second-order valence-electron chi connectivity index (χ2n) is 4.87. The van der Waals surface area contributed by atoms with Gasteiger partial charge in [-0.1, -0.05) is 30.3 Å². The predicted molar refractivity (Wildman–Crippen MR) is 85.5 cm³/mol. The van der Waals surface area contributed by atoms with Crippen molar-refractivity contribution >= 4 is 22.5 Å². The summed E-state index contributed by atoms with van der Waals surface area (Å²) < 4.78 is 0. The van der Waals surface area contributed by atoms with Crippen molar-refractivity contribution in [2.24, 2.45) is 0 Å². The second kappa shape index (κ2) is 6.06. The Balaban J connectivity index is 1.86. The average molecular weight is 287 g/mol. The fourth-order valence-electron chi connectivity index (χ4n) is 2.28. The highest BCUT2D eigenvalue weighted by Gasteiger charge is 2.10. The summed E-state index contributed by atoms with van der Waals surface area (Å²) in [7, 11) is 0. The molecule has 0 aliphatic heterocycles. The zero-order chi connectivity index (χ0) is 15.4. The molecule has 0 unspecified atom stereocenters. The predicted octanol–water partition coefficient (Wildman–Crippen LogP) is 3.55. The van der Waals surface area contributed by atoms with Gasteiger partial charge < -0.3 is 5.32 Å². The van der Waals surface area contributed by atoms with Gasteiger partial charge in [0.05, 0.1) is 23.6 Å². The van der Waals surface area contributed by atoms with Crippen molar-refractivity contribution in [3.63, 3.8) is 0 Å². The molecule has 4 nitrogen and oxygen atoms in total. The Kier molecular flexibility index (Phi) is 3.80. The molecular formula is C18H13N3O. The fourth-order valence-corrected chi connectivity index (χ4v) is 2.28. The zero-order valence-electron chi connectivity index (χ0n) is 11.8. The first kappa shape index (κ1) is 13.8. The molecule has 106 valence electrons. The molecule has 1 amide bonds. The Labute approximate surface area is 128 Å². The SMILES string of the molecule is N#CCc1ccc(NC(=O)c2cccc3cccnc23)cc1. The van der Waals surface area contributed by atoms with Crippen molar-refractivity contribution in [3.8, 4) is 6.07 Å². The molecule has 0 saturated heterocycles. The van der Waals surface area contributed by atoms with Gasteiger partial charge in [-0.2, -0.15) is 5.26 Å². The third-order valence-corrected chi connectivity index (χ3v) is 3.37. The Bertz CT molecular complexity index is 858. The van der Waals surface area contributed by atoms with Crippen molar-refractivity contribution in [3.05, 3.63) is 71.9 Å². The normalized spacial score (nSPS) is 10.1. The van der Waals surface area contributed by atoms with Crippen LogP contribution < -0.4 is 5.32 Å². The monoisotopic (exact) mass is 287 g/mol. The van der Waals surface area contributed by atoms with Gasteiger partial charge in [-0.15, -0.1) is 0 Å². The van der Waals surface area contributed by atoms with Crippen LogP contribution in [0.15, 0.2) is 60.8 Å². The van der Waals surface area contributed by atoms with Gasteiger partial charge in [-0.3, -0.25) is 9.78 Å². The summed E-state index contributed by atoms with van der Waals surface area (Å²) in [4.78, 5) is 16.7. The maximum absolute atomic E-state index is 12.4. The molecule has 0 saturated carbocycles. The van der Waals surface area contributed by atoms with Crippen molar-refractivity contribution in [1.82, 2.24) is 4.98 Å². The van der Waals surface area contributed by atoms with Crippen molar-refractivity contribution in [2.75, 3.05) is 5.32 Å². The molecule has 1 heterocycles. The number of nitriles is 1. The first-order chi connectivity index (χ1) is 10.8. The third-order valence-electron chi connectivity index (χ3n) is 3.37. The lowest BCUT2D eigenvalue weighted by Crippen LogP contribution is -2.12. The maximum atomic E-state index is 12.4. The van der Waals surface area contributed by atoms with E-state index < -0.39 is 0 Å². The summed E-state index contributed by atoms with van der Waals surface area (Å²) in [6.07, 6.45) is 2.04. The molecule has 0 spiro atoms. The number of para-hydroxylation sites is 1. The fraction of sp³-hybridized carbons (Fsp3) is 0.0556. The van der Waals surface area contributed by atoms with E-state index in [9.17, 15) is 4.79 Å². The number of carbonyl (C=O) groups is 1. The van der Waals surface area contributed by atoms with Gasteiger partial charge in [0.25, 0.3) is 5.91 Å². The van der Waals surface area contributed by atoms with E-state index in [-0.39, 0.29) is 5.91 Å². The minimum absolute atomic E-state index is 0.197. The van der Waals surface area contributed by atoms with E-state index in [0.29, 0.717) is 23.2 Å². The van der Waals surface area contributed by atoms with E-state index in [1.165, 1.54) is 0 Å². The quantitative estimate of drug-likeness (QED) is 0.801. The van der Waals surface area contributed by atoms with Crippen LogP contribution in [0, 0.1) is 11.3 Å². The van der Waals surface area contributed by atoms with E-state index in [1.807, 2.05) is 36.4 Å². The summed E-state index contributed by atoms with van der Waals surface area (Å²) in [5.41, 5.74) is 2.84. The summed E-state index contributed by atoms with van der Waals surface area (Å²) in [5.74, 6) is -0.197. The van der Waals surface area contributed by atoms with Crippen LogP contribution >= 0.6 is 0 Å². The topological polar surface area (TPSA) is 65.8 Å². The lowest BCUT2D eigenvalue weighted by Gasteiger charge is -2.08. The molecule has 1 N–H and O–H groups in total. The number of hydrogen-bond donors (Lipinski definition) is 1. The first-order valence-corrected chi connectivity index (χ1v) is 6.89. The largest absolute Gasteiger partial charge is 0.322 e. The van der Waals surface area contributed by atoms with E-state index in [1.54, 1.807) is 24.4 Å². The number of amides is 1. The molecule has 3 aromatic rings. The van der Waals surface area contributed by atoms with Gasteiger partial charge in [0.2, 0.25) is 0 Å². The number of rotatable bonds is 3. The van der Waals surface area contributed by atoms with Crippen LogP contribution in [-0.4, -0.2) is 10.9 Å². The molecule has 2 aromatic carbocycles. The summed E-state index contributed by atoms with van der Waals surface area (Å²) in [6, 6.07) is 18.6. The first-order valence-electron chi connectivity index (χ1n) is 6.89. The van der Waals surface area contributed by atoms with Gasteiger partial charge in [-0.25, -0.2) is 0 Å². The Morgan fingerprint density at radius 2 is 1.86 bits per heavy atom. The van der Waals surface area contributed by atoms with Crippen molar-refractivity contribution < 1.29 is 4.79 Å². The van der Waals surface area contributed by atoms with Gasteiger partial charge in [0.1, 0.15) is 0 Å². The maximum Gasteiger partial charge on any atom is 0.257 e. The Hall–Kier alpha value is -3.19. The molecule has 22 heavy (non-hydrogen) atoms. The van der Waals surface area contributed by atoms with Crippen LogP contribution in [0.25, 0.3) is 10.9 Å². The van der Waals surface area contributed by atoms with Crippen molar-refractivity contribution in [1.29, 1.82) is 5.26 Å². The van der Waals surface area contributed by atoms with Gasteiger partial charge in [-0.05, 0) is 29.8 Å². The summed E-state index contributed by atoms with van der Waals surface area (Å²) in [6.45, 7) is 0. The Morgan fingerprint density at radius 3 is 2.64 bits per heavy atom. The highest BCUT2D eigenvalue weighted by molar-refractivity contribution is 6.11. The number of aromatic nitrogens is 1. The number of hydrogen-bond acceptors (Lipinski definition) is 3. The van der Waals surface area contributed by atoms with Gasteiger partial charge >= 0.3 is 0 Å². The zero-order valence-corrected chi connectivity index (χ0v) is 11.8. The number of anilines is 1. The van der Waals surface area contributed by atoms with Crippen LogP contribution in [0.3, 0.4) is 0 Å². The number of benzene rings is 2. The van der Waals surface area contributed by atoms with Crippen LogP contribution in [0.1, 0.15) is 15.9 Å². The standard InChI is InChI=1S/C18H13N3O/c19-11-10-13-6-8-15(9-7-13)21-18(22)16-5-1-3-14-4-2-12-20-17(14)16/h1-9,12H,10H2,(H,21,22). The number of nitrogens with one attached hydrogen (secondary N) is 1. The lowest BCUT2D eigenvalue weighted by atomic mass is 10.1. The van der Waals surface area contributed by atoms with Gasteiger partial charge in [0.15, 0.2) is 0 Å². The number of fused-ring (bicyclic) bond motifs is 1. The Morgan fingerprint density at radius 1 is 1.09 bits per heavy atom. The molecule has 1 aromatic heterocycles. The molecule has 0 fully saturated rings. The number of pyridine rings is 1. The highest BCUT2D eigenvalue weighted by Crippen LogP contribution is 2.18. The molecule has 0 atom stereocenters. The number of carbonyl (C=O) groups excluding carboxylic acids is 1. The van der Waals surface area contributed by atoms with E-state index in [2.05, 4.69) is 16.4 Å². The van der Waals surface area contributed by atoms with Crippen molar-refractivity contribution in [2.45, 2.75) is 6.42 Å². The second-order valence-corrected chi connectivity index (χ2v) is 4.87. The van der Waals surface area contributed by atoms with Gasteiger partial charge in [0, 0.05) is 17.3 Å². The third kappa shape index (κ3) is 2.79. The van der Waals surface area contributed by atoms with Crippen LogP contribution in [0.4, 0.5) is 5.69 Å². The van der Waals surface area contributed by atoms with Crippen LogP contribution in [-0.2, 0) is 6.42 Å². The minimum atomic E-state index is -0.197. The van der Waals surface area contributed by atoms with E-state index in [0.717, 1.165) is 10.9 Å². The smallest absolute Gasteiger partial charge is 0.257 e. The summed E-state index contributed by atoms with van der Waals surface area (Å²) >= 11 is 0. The molecular weight excluding hydrogens is 274 g/mol. The van der Waals surface area contributed by atoms with E-state index >= 15 is 0 Å². The number of nitrogens with zero attached hydrogens (tertiary/aromatic N) is 2. The molecule has 0 aliphatic carbocycles. The average Bonchev–Trinajstić information content (AvgIpc) is 2.56. The summed E-state index contributed by atoms with van der Waals surface area (Å²) in [5, 5.41) is 12.4. The van der Waals surface area contributed by atoms with Crippen LogP contribution in [0.5, 0.6) is 0 Å². The molecule has 3 rings (SSSR count). The molecule has 0 aliphatic rings.